The predicted octanol–water partition coefficient (Wildman–Crippen LogP) is 0.219. The first-order chi connectivity index (χ1) is 16.6. The van der Waals surface area contributed by atoms with Crippen LogP contribution in [0.1, 0.15) is 93.4 Å². The Morgan fingerprint density at radius 3 is 2.21 bits per heavy atom. The zero-order chi connectivity index (χ0) is 26.5. The fourth-order valence-corrected chi connectivity index (χ4v) is 9.15. The maximum absolute atomic E-state index is 14.2. The third-order valence-electron chi connectivity index (χ3n) is 11.4. The molecular weight excluding hydrogens is 462 g/mol. The van der Waals surface area contributed by atoms with Crippen LogP contribution >= 0.6 is 0 Å². The molecule has 0 amide bonds. The minimum absolute atomic E-state index is 0. The summed E-state index contributed by atoms with van der Waals surface area (Å²) in [5.41, 5.74) is -1.27. The van der Waals surface area contributed by atoms with E-state index in [2.05, 4.69) is 45.7 Å². The molecule has 38 heavy (non-hydrogen) atoms. The zero-order valence-corrected chi connectivity index (χ0v) is 24.8. The van der Waals surface area contributed by atoms with E-state index in [0.29, 0.717) is 0 Å². The summed E-state index contributed by atoms with van der Waals surface area (Å²) in [6.45, 7) is 15.0. The largest absolute Gasteiger partial charge is 1.00 e. The van der Waals surface area contributed by atoms with E-state index in [4.69, 9.17) is 0 Å². The van der Waals surface area contributed by atoms with Crippen LogP contribution in [0, 0.1) is 56.2 Å². The number of fused-ring (bicyclic) bond motifs is 7. The van der Waals surface area contributed by atoms with Crippen LogP contribution in [0.5, 0.6) is 0 Å². The van der Waals surface area contributed by atoms with Gasteiger partial charge in [-0.05, 0) is 28.9 Å². The summed E-state index contributed by atoms with van der Waals surface area (Å²) in [5, 5.41) is 9.83. The van der Waals surface area contributed by atoms with Crippen LogP contribution in [0.2, 0.25) is 0 Å². The molecule has 0 aliphatic heterocycles. The molecule has 5 nitrogen and oxygen atoms in total. The van der Waals surface area contributed by atoms with Crippen molar-refractivity contribution < 1.29 is 52.1 Å². The first kappa shape index (κ1) is 31.4. The molecule has 3 saturated carbocycles. The summed E-state index contributed by atoms with van der Waals surface area (Å²) in [6.07, 6.45) is 11.3. The second-order valence-corrected chi connectivity index (χ2v) is 14.0. The molecule has 5 aliphatic rings. The molecule has 7 heteroatoms. The van der Waals surface area contributed by atoms with E-state index in [-0.39, 0.29) is 77.0 Å². The van der Waals surface area contributed by atoms with Gasteiger partial charge in [0.1, 0.15) is 17.6 Å². The molecule has 5 rings (SSSR count). The Balaban J connectivity index is 0.00000200. The first-order valence-electron chi connectivity index (χ1n) is 13.4. The van der Waals surface area contributed by atoms with E-state index in [9.17, 15) is 19.6 Å². The number of carbonyl (C=O) groups is 2. The first-order valence-corrected chi connectivity index (χ1v) is 13.4. The minimum atomic E-state index is -0.750. The van der Waals surface area contributed by atoms with Crippen LogP contribution in [-0.4, -0.2) is 23.2 Å². The van der Waals surface area contributed by atoms with Crippen molar-refractivity contribution >= 4 is 17.6 Å². The van der Waals surface area contributed by atoms with E-state index in [1.54, 1.807) is 0 Å². The number of isocyanates is 1. The Bertz CT molecular complexity index is 1220. The molecule has 3 fully saturated rings. The van der Waals surface area contributed by atoms with Crippen LogP contribution in [0.15, 0.2) is 28.3 Å². The van der Waals surface area contributed by atoms with Gasteiger partial charge in [-0.1, -0.05) is 103 Å². The Labute approximate surface area is 252 Å². The van der Waals surface area contributed by atoms with Crippen LogP contribution in [0.3, 0.4) is 0 Å². The fourth-order valence-electron chi connectivity index (χ4n) is 9.15. The number of aliphatic imine (C=N–C) groups is 1. The van der Waals surface area contributed by atoms with Gasteiger partial charge in [-0.15, -0.1) is 5.41 Å². The second kappa shape index (κ2) is 9.48. The fraction of sp³-hybridized carbons (Fsp3) is 0.677. The van der Waals surface area contributed by atoms with Gasteiger partial charge in [-0.25, -0.2) is 9.79 Å². The minimum Gasteiger partial charge on any atom is -0.297 e. The summed E-state index contributed by atoms with van der Waals surface area (Å²) in [7, 11) is 0. The summed E-state index contributed by atoms with van der Waals surface area (Å²) in [5.74, 6) is 1.91. The van der Waals surface area contributed by atoms with Crippen molar-refractivity contribution in [3.05, 3.63) is 35.1 Å². The summed E-state index contributed by atoms with van der Waals surface area (Å²) in [6, 6.07) is 2.15. The molecule has 0 unspecified atom stereocenters. The van der Waals surface area contributed by atoms with E-state index >= 15 is 0 Å². The SMILES string of the molecule is CC1(C)CC[C@]2(N=C=O)CC[C@]3(C)[C@H](C(=O)C=C4[C@@]5(C)C=C(C#N)C(=O)C(C)(C)[C-]5CC[C@]43C)[C-]2C1.[Li+].[Li+]. The summed E-state index contributed by atoms with van der Waals surface area (Å²) < 4.78 is 0. The van der Waals surface area contributed by atoms with E-state index in [1.165, 1.54) is 0 Å². The number of carbonyl (C=O) groups excluding carboxylic acids is 3. The van der Waals surface area contributed by atoms with Gasteiger partial charge >= 0.3 is 37.7 Å². The molecule has 5 atom stereocenters. The van der Waals surface area contributed by atoms with Crippen molar-refractivity contribution in [2.45, 2.75) is 99.0 Å². The van der Waals surface area contributed by atoms with Gasteiger partial charge < -0.3 is 0 Å². The van der Waals surface area contributed by atoms with Crippen LogP contribution in [-0.2, 0) is 14.4 Å². The number of ketones is 2. The number of Topliss-reactive ketones (excluding diaryl/α,β-unsaturated/α-hetero) is 1. The van der Waals surface area contributed by atoms with Gasteiger partial charge in [0.05, 0.1) is 5.57 Å². The number of allylic oxidation sites excluding steroid dienone is 4. The zero-order valence-electron chi connectivity index (χ0n) is 24.8. The normalized spacial score (nSPS) is 41.2. The smallest absolute Gasteiger partial charge is 0.297 e. The molecule has 0 aromatic carbocycles. The van der Waals surface area contributed by atoms with Crippen molar-refractivity contribution in [3.8, 4) is 6.07 Å². The molecule has 192 valence electrons. The average molecular weight is 501 g/mol. The Kier molecular flexibility index (Phi) is 7.83. The Morgan fingerprint density at radius 2 is 1.61 bits per heavy atom. The molecule has 0 saturated heterocycles. The van der Waals surface area contributed by atoms with Crippen molar-refractivity contribution in [2.75, 3.05) is 0 Å². The standard InChI is InChI=1S/C31H38N2O3.2Li/c1-26(2)10-12-31(33-18-34)13-11-30(7)24(20(31)16-26)21(35)14-23-28(5)15-19(17-32)25(36)27(3,4)22(28)8-9-29(23,30)6;;/h14-15,24H,8-13,16H2,1-7H3;;/q-2;2*+1/t24-,28-,29+,30+,31-;;/m0../s1. The van der Waals surface area contributed by atoms with Crippen molar-refractivity contribution in [1.82, 2.24) is 0 Å². The van der Waals surface area contributed by atoms with Gasteiger partial charge in [0.15, 0.2) is 0 Å². The monoisotopic (exact) mass is 500 g/mol. The molecular formula is C31H38Li2N2O3. The Hall–Kier alpha value is -1.12. The molecule has 0 radical (unpaired) electrons. The Morgan fingerprint density at radius 1 is 0.974 bits per heavy atom. The van der Waals surface area contributed by atoms with Crippen molar-refractivity contribution in [1.29, 1.82) is 5.26 Å². The maximum atomic E-state index is 14.2. The van der Waals surface area contributed by atoms with Crippen LogP contribution < -0.4 is 37.7 Å². The molecule has 0 bridgehead atoms. The number of hydrogen-bond donors (Lipinski definition) is 0. The van der Waals surface area contributed by atoms with E-state index < -0.39 is 16.4 Å². The second-order valence-electron chi connectivity index (χ2n) is 14.0. The number of nitriles is 1. The van der Waals surface area contributed by atoms with Crippen molar-refractivity contribution in [3.63, 3.8) is 0 Å². The van der Waals surface area contributed by atoms with Gasteiger partial charge in [-0.3, -0.25) is 21.4 Å². The molecule has 5 aliphatic carbocycles. The van der Waals surface area contributed by atoms with Gasteiger partial charge in [0.2, 0.25) is 6.08 Å². The van der Waals surface area contributed by atoms with Gasteiger partial charge in [-0.2, -0.15) is 18.1 Å². The summed E-state index contributed by atoms with van der Waals surface area (Å²) in [4.78, 5) is 43.4. The molecule has 0 N–H and O–H groups in total. The third kappa shape index (κ3) is 3.86. The van der Waals surface area contributed by atoms with Gasteiger partial charge in [0.25, 0.3) is 0 Å². The quantitative estimate of drug-likeness (QED) is 0.223. The molecule has 0 heterocycles. The third-order valence-corrected chi connectivity index (χ3v) is 11.4. The van der Waals surface area contributed by atoms with Gasteiger partial charge in [0, 0.05) is 0 Å². The summed E-state index contributed by atoms with van der Waals surface area (Å²) >= 11 is 0. The van der Waals surface area contributed by atoms with E-state index in [0.717, 1.165) is 62.4 Å². The van der Waals surface area contributed by atoms with Crippen LogP contribution in [0.25, 0.3) is 0 Å². The van der Waals surface area contributed by atoms with E-state index in [1.807, 2.05) is 32.1 Å². The molecule has 0 aromatic rings. The molecule has 0 spiro atoms. The number of nitrogens with zero attached hydrogens (tertiary/aromatic N) is 2. The predicted molar refractivity (Wildman–Crippen MR) is 137 cm³/mol. The maximum Gasteiger partial charge on any atom is 1.00 e. The van der Waals surface area contributed by atoms with Crippen molar-refractivity contribution in [2.24, 2.45) is 38.0 Å². The topological polar surface area (TPSA) is 87.4 Å². The van der Waals surface area contributed by atoms with Crippen LogP contribution in [0.4, 0.5) is 0 Å². The molecule has 0 aromatic heterocycles. The average Bonchev–Trinajstić information content (AvgIpc) is 2.79. The number of hydrogen-bond acceptors (Lipinski definition) is 5. The number of rotatable bonds is 1.